The molecule has 0 saturated heterocycles. The third-order valence-electron chi connectivity index (χ3n) is 5.43. The van der Waals surface area contributed by atoms with Crippen LogP contribution in [0.2, 0.25) is 0 Å². The van der Waals surface area contributed by atoms with Gasteiger partial charge in [0.15, 0.2) is 5.82 Å². The molecule has 8 heteroatoms. The van der Waals surface area contributed by atoms with Crippen molar-refractivity contribution in [2.24, 2.45) is 0 Å². The number of aromatic nitrogens is 3. The molecule has 2 aromatic heterocycles. The van der Waals surface area contributed by atoms with E-state index in [4.69, 9.17) is 0 Å². The molecule has 0 unspecified atom stereocenters. The molecule has 0 radical (unpaired) electrons. The molecule has 0 saturated carbocycles. The van der Waals surface area contributed by atoms with Crippen LogP contribution in [0.4, 0.5) is 0 Å². The Morgan fingerprint density at radius 3 is 2.33 bits per heavy atom. The summed E-state index contributed by atoms with van der Waals surface area (Å²) in [6.07, 6.45) is 0. The first kappa shape index (κ1) is 20.3. The minimum atomic E-state index is -0.721. The average Bonchev–Trinajstić information content (AvgIpc) is 3.08. The lowest BCUT2D eigenvalue weighted by Crippen LogP contribution is -2.21. The highest BCUT2D eigenvalue weighted by atomic mass is 16.4. The number of aryl methyl sites for hydroxylation is 2. The van der Waals surface area contributed by atoms with Gasteiger partial charge in [0, 0.05) is 0 Å². The molecule has 0 spiro atoms. The van der Waals surface area contributed by atoms with Gasteiger partial charge >= 0.3 is 11.4 Å². The molecule has 33 heavy (non-hydrogen) atoms. The van der Waals surface area contributed by atoms with Crippen molar-refractivity contribution in [1.82, 2.24) is 14.5 Å². The molecule has 5 aromatic rings. The maximum atomic E-state index is 12.7. The van der Waals surface area contributed by atoms with E-state index in [-0.39, 0.29) is 17.2 Å². The molecule has 8 nitrogen and oxygen atoms in total. The second-order valence-corrected chi connectivity index (χ2v) is 7.79. The molecule has 0 amide bonds. The standard InChI is InChI=1S/C16H10N2O2.C9H7NO3/c1-9-6-7-12-11(8-9)16(20)18-13-5-3-2-4-10(13)14(19)15(18)17-12;1-5-2-3-7-6(4-5)8(11)13-9(12)10-7/h2-8H,1H3;2-4H,1H3,(H,10,12). The highest BCUT2D eigenvalue weighted by molar-refractivity contribution is 6.13. The third kappa shape index (κ3) is 3.38. The van der Waals surface area contributed by atoms with Crippen LogP contribution in [-0.4, -0.2) is 20.3 Å². The fraction of sp³-hybridized carbons (Fsp3) is 0.0800. The first-order valence-corrected chi connectivity index (χ1v) is 10.1. The Morgan fingerprint density at radius 2 is 1.55 bits per heavy atom. The van der Waals surface area contributed by atoms with E-state index in [0.29, 0.717) is 33.1 Å². The molecular weight excluding hydrogens is 422 g/mol. The summed E-state index contributed by atoms with van der Waals surface area (Å²) in [6.45, 7) is 3.79. The maximum absolute atomic E-state index is 12.7. The fourth-order valence-corrected chi connectivity index (χ4v) is 3.87. The summed E-state index contributed by atoms with van der Waals surface area (Å²) in [6, 6.07) is 17.8. The lowest BCUT2D eigenvalue weighted by Gasteiger charge is -2.05. The van der Waals surface area contributed by atoms with E-state index in [9.17, 15) is 19.2 Å². The third-order valence-corrected chi connectivity index (χ3v) is 5.43. The van der Waals surface area contributed by atoms with Crippen molar-refractivity contribution < 1.29 is 9.21 Å². The van der Waals surface area contributed by atoms with Crippen LogP contribution in [0.1, 0.15) is 27.3 Å². The van der Waals surface area contributed by atoms with Crippen LogP contribution in [0, 0.1) is 13.8 Å². The van der Waals surface area contributed by atoms with Crippen molar-refractivity contribution in [3.05, 3.63) is 115 Å². The monoisotopic (exact) mass is 439 g/mol. The summed E-state index contributed by atoms with van der Waals surface area (Å²) in [5.74, 6) is -0.714. The first-order valence-electron chi connectivity index (χ1n) is 10.1. The molecule has 1 N–H and O–H groups in total. The lowest BCUT2D eigenvalue weighted by molar-refractivity contribution is 0.103. The Balaban J connectivity index is 0.000000152. The van der Waals surface area contributed by atoms with Crippen LogP contribution in [-0.2, 0) is 0 Å². The number of nitrogens with zero attached hydrogens (tertiary/aromatic N) is 2. The van der Waals surface area contributed by atoms with Crippen molar-refractivity contribution in [2.45, 2.75) is 13.8 Å². The molecule has 6 rings (SSSR count). The topological polar surface area (TPSA) is 115 Å². The number of hydrogen-bond donors (Lipinski definition) is 1. The minimum absolute atomic E-state index is 0.188. The van der Waals surface area contributed by atoms with E-state index in [0.717, 1.165) is 11.1 Å². The van der Waals surface area contributed by atoms with Gasteiger partial charge in [-0.25, -0.2) is 14.6 Å². The first-order chi connectivity index (χ1) is 15.8. The van der Waals surface area contributed by atoms with Crippen LogP contribution in [0.3, 0.4) is 0 Å². The highest BCUT2D eigenvalue weighted by Gasteiger charge is 2.29. The van der Waals surface area contributed by atoms with Gasteiger partial charge < -0.3 is 4.42 Å². The zero-order chi connectivity index (χ0) is 23.3. The fourth-order valence-electron chi connectivity index (χ4n) is 3.87. The number of benzene rings is 3. The van der Waals surface area contributed by atoms with Gasteiger partial charge in [0.1, 0.15) is 0 Å². The second kappa shape index (κ2) is 7.52. The molecule has 0 bridgehead atoms. The lowest BCUT2D eigenvalue weighted by atomic mass is 10.1. The molecule has 3 aromatic carbocycles. The SMILES string of the molecule is Cc1ccc2[nH]c(=O)oc(=O)c2c1.Cc1ccc2nc3n(c(=O)c2c1)-c1ccccc1C3=O. The Labute approximate surface area is 185 Å². The van der Waals surface area contributed by atoms with Crippen LogP contribution in [0.5, 0.6) is 0 Å². The summed E-state index contributed by atoms with van der Waals surface area (Å²) in [4.78, 5) is 53.7. The molecule has 0 fully saturated rings. The number of carbonyl (C=O) groups is 1. The van der Waals surface area contributed by atoms with Crippen molar-refractivity contribution in [3.8, 4) is 5.69 Å². The van der Waals surface area contributed by atoms with E-state index in [1.165, 1.54) is 4.57 Å². The van der Waals surface area contributed by atoms with E-state index < -0.39 is 11.4 Å². The molecule has 0 aliphatic carbocycles. The molecule has 0 atom stereocenters. The van der Waals surface area contributed by atoms with Gasteiger partial charge in [0.2, 0.25) is 5.78 Å². The van der Waals surface area contributed by atoms with Crippen molar-refractivity contribution in [2.75, 3.05) is 0 Å². The van der Waals surface area contributed by atoms with Crippen LogP contribution in [0.15, 0.2) is 79.5 Å². The number of fused-ring (bicyclic) bond motifs is 5. The summed E-state index contributed by atoms with van der Waals surface area (Å²) >= 11 is 0. The Hall–Kier alpha value is -4.59. The number of aromatic amines is 1. The molecule has 162 valence electrons. The van der Waals surface area contributed by atoms with E-state index in [2.05, 4.69) is 14.4 Å². The average molecular weight is 439 g/mol. The normalized spacial score (nSPS) is 11.8. The Bertz CT molecular complexity index is 1780. The van der Waals surface area contributed by atoms with E-state index in [1.807, 2.05) is 38.1 Å². The second-order valence-electron chi connectivity index (χ2n) is 7.79. The number of nitrogens with one attached hydrogen (secondary N) is 1. The zero-order valence-electron chi connectivity index (χ0n) is 17.7. The minimum Gasteiger partial charge on any atom is -0.372 e. The van der Waals surface area contributed by atoms with Crippen LogP contribution >= 0.6 is 0 Å². The Kier molecular flexibility index (Phi) is 4.63. The van der Waals surface area contributed by atoms with E-state index in [1.54, 1.807) is 36.4 Å². The predicted molar refractivity (Wildman–Crippen MR) is 123 cm³/mol. The van der Waals surface area contributed by atoms with Crippen LogP contribution in [0.25, 0.3) is 27.5 Å². The quantitative estimate of drug-likeness (QED) is 0.389. The molecular formula is C25H17N3O5. The van der Waals surface area contributed by atoms with E-state index >= 15 is 0 Å². The molecule has 1 aliphatic rings. The number of carbonyl (C=O) groups excluding carboxylic acids is 1. The largest absolute Gasteiger partial charge is 0.419 e. The number of hydrogen-bond acceptors (Lipinski definition) is 6. The smallest absolute Gasteiger partial charge is 0.372 e. The number of H-pyrrole nitrogens is 1. The summed E-state index contributed by atoms with van der Waals surface area (Å²) in [5.41, 5.74) is 3.38. The van der Waals surface area contributed by atoms with Gasteiger partial charge in [0.25, 0.3) is 5.56 Å². The van der Waals surface area contributed by atoms with Gasteiger partial charge in [-0.05, 0) is 50.2 Å². The maximum Gasteiger partial charge on any atom is 0.419 e. The van der Waals surface area contributed by atoms with Gasteiger partial charge in [-0.3, -0.25) is 19.1 Å². The van der Waals surface area contributed by atoms with Gasteiger partial charge in [-0.15, -0.1) is 0 Å². The Morgan fingerprint density at radius 1 is 0.848 bits per heavy atom. The summed E-state index contributed by atoms with van der Waals surface area (Å²) in [5, 5.41) is 0.942. The van der Waals surface area contributed by atoms with Crippen molar-refractivity contribution in [3.63, 3.8) is 0 Å². The van der Waals surface area contributed by atoms with Crippen molar-refractivity contribution in [1.29, 1.82) is 0 Å². The van der Waals surface area contributed by atoms with Crippen LogP contribution < -0.4 is 16.9 Å². The highest BCUT2D eigenvalue weighted by Crippen LogP contribution is 2.25. The van der Waals surface area contributed by atoms with Crippen molar-refractivity contribution >= 4 is 27.6 Å². The molecule has 3 heterocycles. The number of rotatable bonds is 0. The summed E-state index contributed by atoms with van der Waals surface area (Å²) < 4.78 is 5.79. The molecule has 1 aliphatic heterocycles. The number of para-hydroxylation sites is 1. The van der Waals surface area contributed by atoms with Gasteiger partial charge in [-0.2, -0.15) is 0 Å². The number of ketones is 1. The predicted octanol–water partition coefficient (Wildman–Crippen LogP) is 3.03. The van der Waals surface area contributed by atoms with Gasteiger partial charge in [0.05, 0.1) is 33.1 Å². The van der Waals surface area contributed by atoms with Gasteiger partial charge in [-0.1, -0.05) is 35.4 Å². The zero-order valence-corrected chi connectivity index (χ0v) is 17.7. The summed E-state index contributed by atoms with van der Waals surface area (Å²) in [7, 11) is 0.